The number of hydrogen-bond donors (Lipinski definition) is 1. The van der Waals surface area contributed by atoms with Crippen molar-refractivity contribution in [2.24, 2.45) is 0 Å². The van der Waals surface area contributed by atoms with E-state index in [1.165, 1.54) is 0 Å². The molecule has 0 amide bonds. The molecule has 5 heteroatoms. The number of aromatic nitrogens is 2. The van der Waals surface area contributed by atoms with Crippen molar-refractivity contribution < 1.29 is 4.74 Å². The first kappa shape index (κ1) is 12.8. The van der Waals surface area contributed by atoms with Gasteiger partial charge in [0.15, 0.2) is 0 Å². The van der Waals surface area contributed by atoms with Crippen LogP contribution < -0.4 is 10.1 Å². The van der Waals surface area contributed by atoms with Crippen LogP contribution in [0.25, 0.3) is 0 Å². The Balaban J connectivity index is 2.06. The Labute approximate surface area is 112 Å². The highest BCUT2D eigenvalue weighted by molar-refractivity contribution is 6.32. The van der Waals surface area contributed by atoms with Gasteiger partial charge in [-0.05, 0) is 19.1 Å². The Morgan fingerprint density at radius 2 is 2.28 bits per heavy atom. The van der Waals surface area contributed by atoms with Crippen LogP contribution in [0.3, 0.4) is 0 Å². The van der Waals surface area contributed by atoms with Crippen LogP contribution in [0, 0.1) is 0 Å². The molecule has 0 atom stereocenters. The Hall–Kier alpha value is -1.68. The van der Waals surface area contributed by atoms with E-state index in [4.69, 9.17) is 16.3 Å². The quantitative estimate of drug-likeness (QED) is 0.903. The molecule has 18 heavy (non-hydrogen) atoms. The second kappa shape index (κ2) is 5.78. The van der Waals surface area contributed by atoms with Gasteiger partial charge in [-0.3, -0.25) is 0 Å². The number of rotatable bonds is 5. The van der Waals surface area contributed by atoms with Crippen molar-refractivity contribution in [2.75, 3.05) is 12.4 Å². The second-order valence-corrected chi connectivity index (χ2v) is 4.28. The SMILES string of the molecule is CCn1cncc1CNc1ccc(Cl)c(OC)c1. The van der Waals surface area contributed by atoms with Gasteiger partial charge in [0.05, 0.1) is 30.7 Å². The highest BCUT2D eigenvalue weighted by Gasteiger charge is 2.03. The zero-order valence-corrected chi connectivity index (χ0v) is 11.2. The van der Waals surface area contributed by atoms with Gasteiger partial charge in [0, 0.05) is 24.5 Å². The minimum Gasteiger partial charge on any atom is -0.495 e. The third-order valence-corrected chi connectivity index (χ3v) is 3.08. The van der Waals surface area contributed by atoms with Crippen LogP contribution in [0.4, 0.5) is 5.69 Å². The van der Waals surface area contributed by atoms with Gasteiger partial charge in [0.2, 0.25) is 0 Å². The molecule has 96 valence electrons. The standard InChI is InChI=1S/C13H16ClN3O/c1-3-17-9-15-7-11(17)8-16-10-4-5-12(14)13(6-10)18-2/h4-7,9,16H,3,8H2,1-2H3. The van der Waals surface area contributed by atoms with E-state index in [1.807, 2.05) is 30.7 Å². The van der Waals surface area contributed by atoms with Crippen molar-refractivity contribution in [3.05, 3.63) is 41.4 Å². The molecule has 1 heterocycles. The van der Waals surface area contributed by atoms with Gasteiger partial charge in [0.1, 0.15) is 5.75 Å². The van der Waals surface area contributed by atoms with E-state index in [-0.39, 0.29) is 0 Å². The van der Waals surface area contributed by atoms with Crippen LogP contribution >= 0.6 is 11.6 Å². The summed E-state index contributed by atoms with van der Waals surface area (Å²) >= 11 is 5.98. The fourth-order valence-electron chi connectivity index (χ4n) is 1.74. The highest BCUT2D eigenvalue weighted by atomic mass is 35.5. The van der Waals surface area contributed by atoms with Crippen molar-refractivity contribution in [1.82, 2.24) is 9.55 Å². The summed E-state index contributed by atoms with van der Waals surface area (Å²) in [7, 11) is 1.61. The Morgan fingerprint density at radius 3 is 3.00 bits per heavy atom. The lowest BCUT2D eigenvalue weighted by molar-refractivity contribution is 0.415. The van der Waals surface area contributed by atoms with Crippen LogP contribution in [-0.4, -0.2) is 16.7 Å². The molecule has 2 rings (SSSR count). The van der Waals surface area contributed by atoms with Gasteiger partial charge in [0.25, 0.3) is 0 Å². The van der Waals surface area contributed by atoms with Crippen molar-refractivity contribution in [3.8, 4) is 5.75 Å². The monoisotopic (exact) mass is 265 g/mol. The molecule has 0 saturated heterocycles. The van der Waals surface area contributed by atoms with Crippen LogP contribution in [0.15, 0.2) is 30.7 Å². The average molecular weight is 266 g/mol. The van der Waals surface area contributed by atoms with Gasteiger partial charge >= 0.3 is 0 Å². The number of hydrogen-bond acceptors (Lipinski definition) is 3. The zero-order chi connectivity index (χ0) is 13.0. The molecule has 0 unspecified atom stereocenters. The lowest BCUT2D eigenvalue weighted by atomic mass is 10.3. The van der Waals surface area contributed by atoms with E-state index in [1.54, 1.807) is 7.11 Å². The topological polar surface area (TPSA) is 39.1 Å². The van der Waals surface area contributed by atoms with Crippen molar-refractivity contribution in [3.63, 3.8) is 0 Å². The number of nitrogens with one attached hydrogen (secondary N) is 1. The second-order valence-electron chi connectivity index (χ2n) is 3.87. The van der Waals surface area contributed by atoms with Crippen LogP contribution in [0.2, 0.25) is 5.02 Å². The number of methoxy groups -OCH3 is 1. The van der Waals surface area contributed by atoms with E-state index in [2.05, 4.69) is 21.8 Å². The number of aryl methyl sites for hydroxylation is 1. The van der Waals surface area contributed by atoms with Crippen molar-refractivity contribution in [1.29, 1.82) is 0 Å². The maximum atomic E-state index is 5.98. The lowest BCUT2D eigenvalue weighted by Gasteiger charge is -2.10. The summed E-state index contributed by atoms with van der Waals surface area (Å²) < 4.78 is 7.28. The van der Waals surface area contributed by atoms with Crippen molar-refractivity contribution >= 4 is 17.3 Å². The molecule has 1 aromatic heterocycles. The van der Waals surface area contributed by atoms with Crippen LogP contribution in [-0.2, 0) is 13.1 Å². The number of anilines is 1. The predicted octanol–water partition coefficient (Wildman–Crippen LogP) is 3.18. The molecule has 1 aromatic carbocycles. The fourth-order valence-corrected chi connectivity index (χ4v) is 1.94. The van der Waals surface area contributed by atoms with E-state index in [0.29, 0.717) is 10.8 Å². The average Bonchev–Trinajstić information content (AvgIpc) is 2.85. The maximum Gasteiger partial charge on any atom is 0.139 e. The molecule has 0 radical (unpaired) electrons. The number of halogens is 1. The molecule has 0 fully saturated rings. The minimum atomic E-state index is 0.613. The lowest BCUT2D eigenvalue weighted by Crippen LogP contribution is -2.06. The van der Waals surface area contributed by atoms with E-state index >= 15 is 0 Å². The summed E-state index contributed by atoms with van der Waals surface area (Å²) in [5.41, 5.74) is 2.12. The number of imidazole rings is 1. The number of ether oxygens (including phenoxy) is 1. The Bertz CT molecular complexity index is 525. The molecule has 0 spiro atoms. The Morgan fingerprint density at radius 1 is 1.44 bits per heavy atom. The summed E-state index contributed by atoms with van der Waals surface area (Å²) in [5.74, 6) is 0.672. The molecule has 4 nitrogen and oxygen atoms in total. The molecule has 0 aliphatic carbocycles. The smallest absolute Gasteiger partial charge is 0.139 e. The van der Waals surface area contributed by atoms with E-state index < -0.39 is 0 Å². The zero-order valence-electron chi connectivity index (χ0n) is 10.5. The van der Waals surface area contributed by atoms with Gasteiger partial charge in [-0.15, -0.1) is 0 Å². The number of nitrogens with zero attached hydrogens (tertiary/aromatic N) is 2. The summed E-state index contributed by atoms with van der Waals surface area (Å²) in [4.78, 5) is 4.13. The third-order valence-electron chi connectivity index (χ3n) is 2.76. The normalized spacial score (nSPS) is 10.4. The summed E-state index contributed by atoms with van der Waals surface area (Å²) in [6.45, 7) is 3.73. The first-order valence-electron chi connectivity index (χ1n) is 5.81. The Kier molecular flexibility index (Phi) is 4.10. The highest BCUT2D eigenvalue weighted by Crippen LogP contribution is 2.27. The van der Waals surface area contributed by atoms with Gasteiger partial charge in [-0.1, -0.05) is 11.6 Å². The molecular formula is C13H16ClN3O. The maximum absolute atomic E-state index is 5.98. The molecule has 0 bridgehead atoms. The van der Waals surface area contributed by atoms with E-state index in [0.717, 1.165) is 24.5 Å². The molecular weight excluding hydrogens is 250 g/mol. The van der Waals surface area contributed by atoms with E-state index in [9.17, 15) is 0 Å². The molecule has 0 aliphatic rings. The van der Waals surface area contributed by atoms with Gasteiger partial charge in [-0.2, -0.15) is 0 Å². The fraction of sp³-hybridized carbons (Fsp3) is 0.308. The summed E-state index contributed by atoms with van der Waals surface area (Å²) in [6.07, 6.45) is 3.70. The summed E-state index contributed by atoms with van der Waals surface area (Å²) in [5, 5.41) is 3.94. The molecule has 2 aromatic rings. The van der Waals surface area contributed by atoms with Crippen LogP contribution in [0.1, 0.15) is 12.6 Å². The first-order valence-corrected chi connectivity index (χ1v) is 6.18. The molecule has 0 saturated carbocycles. The van der Waals surface area contributed by atoms with Gasteiger partial charge < -0.3 is 14.6 Å². The first-order chi connectivity index (χ1) is 8.74. The largest absolute Gasteiger partial charge is 0.495 e. The van der Waals surface area contributed by atoms with Crippen molar-refractivity contribution in [2.45, 2.75) is 20.0 Å². The summed E-state index contributed by atoms with van der Waals surface area (Å²) in [6, 6.07) is 5.63. The molecule has 1 N–H and O–H groups in total. The van der Waals surface area contributed by atoms with Crippen LogP contribution in [0.5, 0.6) is 5.75 Å². The predicted molar refractivity (Wildman–Crippen MR) is 73.2 cm³/mol. The minimum absolute atomic E-state index is 0.613. The number of benzene rings is 1. The molecule has 0 aliphatic heterocycles. The van der Waals surface area contributed by atoms with Gasteiger partial charge in [-0.25, -0.2) is 4.98 Å². The third kappa shape index (κ3) is 2.76.